The SMILES string of the molecule is N[C@@H](CC(=O)O)C(=O)O.O=C(O)CCCc1ccccc1. The number of aryl methyl sites for hydroxylation is 1. The minimum atomic E-state index is -1.29. The highest BCUT2D eigenvalue weighted by Crippen LogP contribution is 2.03. The van der Waals surface area contributed by atoms with Crippen LogP contribution in [0.4, 0.5) is 0 Å². The molecule has 1 aromatic carbocycles. The van der Waals surface area contributed by atoms with E-state index in [1.807, 2.05) is 30.3 Å². The maximum atomic E-state index is 10.2. The van der Waals surface area contributed by atoms with E-state index in [0.717, 1.165) is 12.8 Å². The molecular weight excluding hydrogens is 278 g/mol. The second-order valence-electron chi connectivity index (χ2n) is 4.28. The lowest BCUT2D eigenvalue weighted by atomic mass is 10.1. The number of carboxylic acids is 3. The maximum absolute atomic E-state index is 10.2. The number of hydrogen-bond donors (Lipinski definition) is 4. The monoisotopic (exact) mass is 297 g/mol. The number of nitrogens with two attached hydrogens (primary N) is 1. The van der Waals surface area contributed by atoms with E-state index in [1.54, 1.807) is 0 Å². The number of carbonyl (C=O) groups is 3. The van der Waals surface area contributed by atoms with Crippen LogP contribution in [0.1, 0.15) is 24.8 Å². The predicted molar refractivity (Wildman–Crippen MR) is 74.9 cm³/mol. The van der Waals surface area contributed by atoms with Crippen LogP contribution in [0.25, 0.3) is 0 Å². The molecule has 0 aliphatic heterocycles. The van der Waals surface area contributed by atoms with Crippen molar-refractivity contribution >= 4 is 17.9 Å². The lowest BCUT2D eigenvalue weighted by molar-refractivity contribution is -0.144. The molecule has 0 amide bonds. The third-order valence-electron chi connectivity index (χ3n) is 2.41. The van der Waals surface area contributed by atoms with Crippen molar-refractivity contribution in [2.75, 3.05) is 0 Å². The average Bonchev–Trinajstić information content (AvgIpc) is 2.39. The van der Waals surface area contributed by atoms with Crippen LogP contribution in [0.3, 0.4) is 0 Å². The molecule has 0 unspecified atom stereocenters. The Morgan fingerprint density at radius 2 is 1.57 bits per heavy atom. The highest BCUT2D eigenvalue weighted by molar-refractivity contribution is 5.80. The molecule has 0 aliphatic rings. The van der Waals surface area contributed by atoms with Crippen molar-refractivity contribution in [2.24, 2.45) is 5.73 Å². The largest absolute Gasteiger partial charge is 0.481 e. The number of benzene rings is 1. The molecule has 0 aliphatic carbocycles. The summed E-state index contributed by atoms with van der Waals surface area (Å²) in [7, 11) is 0. The summed E-state index contributed by atoms with van der Waals surface area (Å²) in [5.74, 6) is -3.21. The second-order valence-corrected chi connectivity index (χ2v) is 4.28. The Bertz CT molecular complexity index is 460. The highest BCUT2D eigenvalue weighted by Gasteiger charge is 2.14. The van der Waals surface area contributed by atoms with Crippen molar-refractivity contribution in [3.05, 3.63) is 35.9 Å². The molecule has 7 nitrogen and oxygen atoms in total. The van der Waals surface area contributed by atoms with Gasteiger partial charge in [-0.15, -0.1) is 0 Å². The van der Waals surface area contributed by atoms with E-state index in [0.29, 0.717) is 0 Å². The molecule has 0 saturated carbocycles. The number of hydrogen-bond acceptors (Lipinski definition) is 4. The van der Waals surface area contributed by atoms with E-state index in [4.69, 9.17) is 21.1 Å². The summed E-state index contributed by atoms with van der Waals surface area (Å²) < 4.78 is 0. The van der Waals surface area contributed by atoms with Gasteiger partial charge in [-0.1, -0.05) is 30.3 Å². The topological polar surface area (TPSA) is 138 Å². The number of carboxylic acid groups (broad SMARTS) is 3. The fourth-order valence-electron chi connectivity index (χ4n) is 1.36. The zero-order valence-electron chi connectivity index (χ0n) is 11.4. The summed E-state index contributed by atoms with van der Waals surface area (Å²) in [6.45, 7) is 0. The van der Waals surface area contributed by atoms with Crippen molar-refractivity contribution in [2.45, 2.75) is 31.7 Å². The Hall–Kier alpha value is -2.41. The van der Waals surface area contributed by atoms with Crippen LogP contribution in [0.2, 0.25) is 0 Å². The van der Waals surface area contributed by atoms with Crippen LogP contribution in [0, 0.1) is 0 Å². The normalized spacial score (nSPS) is 10.9. The van der Waals surface area contributed by atoms with E-state index in [1.165, 1.54) is 5.56 Å². The van der Waals surface area contributed by atoms with E-state index in [9.17, 15) is 14.4 Å². The fraction of sp³-hybridized carbons (Fsp3) is 0.357. The first kappa shape index (κ1) is 18.6. The molecule has 21 heavy (non-hydrogen) atoms. The van der Waals surface area contributed by atoms with E-state index < -0.39 is 30.4 Å². The van der Waals surface area contributed by atoms with Gasteiger partial charge in [-0.05, 0) is 18.4 Å². The van der Waals surface area contributed by atoms with E-state index in [-0.39, 0.29) is 6.42 Å². The summed E-state index contributed by atoms with van der Waals surface area (Å²) in [5.41, 5.74) is 6.04. The number of aliphatic carboxylic acids is 3. The smallest absolute Gasteiger partial charge is 0.321 e. The molecule has 0 spiro atoms. The van der Waals surface area contributed by atoms with Gasteiger partial charge in [-0.2, -0.15) is 0 Å². The van der Waals surface area contributed by atoms with Crippen molar-refractivity contribution < 1.29 is 29.7 Å². The molecule has 0 radical (unpaired) electrons. The van der Waals surface area contributed by atoms with E-state index >= 15 is 0 Å². The fourth-order valence-corrected chi connectivity index (χ4v) is 1.36. The first-order valence-electron chi connectivity index (χ1n) is 6.28. The van der Waals surface area contributed by atoms with Crippen LogP contribution in [0.5, 0.6) is 0 Å². The Labute approximate surface area is 122 Å². The van der Waals surface area contributed by atoms with Gasteiger partial charge in [-0.3, -0.25) is 14.4 Å². The Morgan fingerprint density at radius 3 is 1.95 bits per heavy atom. The quantitative estimate of drug-likeness (QED) is 0.588. The molecule has 0 bridgehead atoms. The Morgan fingerprint density at radius 1 is 1.00 bits per heavy atom. The average molecular weight is 297 g/mol. The van der Waals surface area contributed by atoms with Crippen LogP contribution < -0.4 is 5.73 Å². The number of rotatable bonds is 7. The van der Waals surface area contributed by atoms with Crippen LogP contribution in [-0.2, 0) is 20.8 Å². The molecule has 1 atom stereocenters. The van der Waals surface area contributed by atoms with Gasteiger partial charge in [0.15, 0.2) is 0 Å². The molecule has 0 heterocycles. The molecule has 0 aromatic heterocycles. The predicted octanol–water partition coefficient (Wildman–Crippen LogP) is 0.967. The molecular formula is C14H19NO6. The minimum Gasteiger partial charge on any atom is -0.481 e. The van der Waals surface area contributed by atoms with Gasteiger partial charge in [0.2, 0.25) is 0 Å². The second kappa shape index (κ2) is 10.4. The third kappa shape index (κ3) is 11.1. The molecule has 116 valence electrons. The summed E-state index contributed by atoms with van der Waals surface area (Å²) in [4.78, 5) is 29.8. The van der Waals surface area contributed by atoms with Gasteiger partial charge in [0, 0.05) is 6.42 Å². The lowest BCUT2D eigenvalue weighted by Gasteiger charge is -1.99. The van der Waals surface area contributed by atoms with Gasteiger partial charge in [-0.25, -0.2) is 0 Å². The zero-order valence-corrected chi connectivity index (χ0v) is 11.4. The molecule has 5 N–H and O–H groups in total. The Kier molecular flexibility index (Phi) is 9.19. The summed E-state index contributed by atoms with van der Waals surface area (Å²) in [6.07, 6.45) is 1.30. The molecule has 0 saturated heterocycles. The van der Waals surface area contributed by atoms with Crippen molar-refractivity contribution in [3.63, 3.8) is 0 Å². The molecule has 0 fully saturated rings. The third-order valence-corrected chi connectivity index (χ3v) is 2.41. The highest BCUT2D eigenvalue weighted by atomic mass is 16.4. The Balaban J connectivity index is 0.000000400. The van der Waals surface area contributed by atoms with Gasteiger partial charge >= 0.3 is 17.9 Å². The van der Waals surface area contributed by atoms with E-state index in [2.05, 4.69) is 0 Å². The molecule has 1 aromatic rings. The van der Waals surface area contributed by atoms with Crippen LogP contribution >= 0.6 is 0 Å². The maximum Gasteiger partial charge on any atom is 0.321 e. The summed E-state index contributed by atoms with van der Waals surface area (Å²) in [6, 6.07) is 8.64. The van der Waals surface area contributed by atoms with Gasteiger partial charge < -0.3 is 21.1 Å². The van der Waals surface area contributed by atoms with Crippen LogP contribution in [0.15, 0.2) is 30.3 Å². The summed E-state index contributed by atoms with van der Waals surface area (Å²) in [5, 5.41) is 24.4. The standard InChI is InChI=1S/C10H12O2.C4H7NO4/c11-10(12)8-4-7-9-5-2-1-3-6-9;5-2(4(8)9)1-3(6)7/h1-3,5-6H,4,7-8H2,(H,11,12);2H,1,5H2,(H,6,7)(H,8,9)/t;2-/m.0/s1. The minimum absolute atomic E-state index is 0.259. The van der Waals surface area contributed by atoms with Gasteiger partial charge in [0.05, 0.1) is 6.42 Å². The first-order valence-corrected chi connectivity index (χ1v) is 6.28. The van der Waals surface area contributed by atoms with Crippen molar-refractivity contribution in [1.82, 2.24) is 0 Å². The van der Waals surface area contributed by atoms with Gasteiger partial charge in [0.25, 0.3) is 0 Å². The summed E-state index contributed by atoms with van der Waals surface area (Å²) >= 11 is 0. The zero-order chi connectivity index (χ0) is 16.3. The van der Waals surface area contributed by atoms with Crippen molar-refractivity contribution in [1.29, 1.82) is 0 Å². The molecule has 7 heteroatoms. The first-order chi connectivity index (χ1) is 9.82. The lowest BCUT2D eigenvalue weighted by Crippen LogP contribution is -2.32. The molecule has 1 rings (SSSR count). The van der Waals surface area contributed by atoms with Gasteiger partial charge in [0.1, 0.15) is 6.04 Å². The van der Waals surface area contributed by atoms with Crippen LogP contribution in [-0.4, -0.2) is 39.3 Å². The van der Waals surface area contributed by atoms with Crippen molar-refractivity contribution in [3.8, 4) is 0 Å².